The van der Waals surface area contributed by atoms with Crippen molar-refractivity contribution in [1.82, 2.24) is 23.7 Å². The summed E-state index contributed by atoms with van der Waals surface area (Å²) in [5.41, 5.74) is 2.76. The van der Waals surface area contributed by atoms with E-state index in [1.165, 1.54) is 0 Å². The number of phenolic OH excluding ortho intramolecular Hbond substituents is 1. The summed E-state index contributed by atoms with van der Waals surface area (Å²) in [5.74, 6) is 1.04. The second kappa shape index (κ2) is 8.10. The van der Waals surface area contributed by atoms with Gasteiger partial charge in [-0.25, -0.2) is 22.7 Å². The molecule has 0 bridgehead atoms. The summed E-state index contributed by atoms with van der Waals surface area (Å²) in [4.78, 5) is 13.7. The number of aromatic nitrogens is 4. The lowest BCUT2D eigenvalue weighted by atomic mass is 10.1. The quantitative estimate of drug-likeness (QED) is 0.431. The predicted octanol–water partition coefficient (Wildman–Crippen LogP) is 3.13. The van der Waals surface area contributed by atoms with Gasteiger partial charge >= 0.3 is 5.84 Å². The van der Waals surface area contributed by atoms with Crippen LogP contribution in [0.15, 0.2) is 53.4 Å². The van der Waals surface area contributed by atoms with Crippen LogP contribution in [0.3, 0.4) is 0 Å². The highest BCUT2D eigenvalue weighted by Gasteiger charge is 2.41. The summed E-state index contributed by atoms with van der Waals surface area (Å²) < 4.78 is 33.9. The Balaban J connectivity index is 1.26. The van der Waals surface area contributed by atoms with E-state index in [1.807, 2.05) is 10.5 Å². The number of hydrogen-bond donors (Lipinski definition) is 2. The van der Waals surface area contributed by atoms with Crippen LogP contribution in [0.25, 0.3) is 28.5 Å². The number of aromatic hydroxyl groups is 1. The minimum Gasteiger partial charge on any atom is -0.508 e. The molecule has 0 unspecified atom stereocenters. The van der Waals surface area contributed by atoms with Gasteiger partial charge in [0.2, 0.25) is 16.0 Å². The second-order valence-electron chi connectivity index (χ2n) is 8.74. The van der Waals surface area contributed by atoms with Crippen LogP contribution in [0.1, 0.15) is 25.7 Å². The third-order valence-electron chi connectivity index (χ3n) is 6.37. The molecular weight excluding hydrogens is 456 g/mol. The molecule has 1 saturated heterocycles. The number of hydrogen-bond acceptors (Lipinski definition) is 8. The zero-order valence-electron chi connectivity index (χ0n) is 18.3. The fraction of sp³-hybridized carbons (Fsp3) is 0.348. The van der Waals surface area contributed by atoms with E-state index in [9.17, 15) is 13.5 Å². The maximum Gasteiger partial charge on any atom is 0.306 e. The minimum atomic E-state index is -3.13. The van der Waals surface area contributed by atoms with E-state index >= 15 is 0 Å². The largest absolute Gasteiger partial charge is 0.508 e. The zero-order valence-corrected chi connectivity index (χ0v) is 19.1. The van der Waals surface area contributed by atoms with Gasteiger partial charge in [-0.05, 0) is 43.9 Å². The van der Waals surface area contributed by atoms with E-state index in [2.05, 4.69) is 15.3 Å². The Bertz CT molecular complexity index is 1450. The number of nitrogens with zero attached hydrogens (tertiary/aromatic N) is 5. The Morgan fingerprint density at radius 1 is 1.09 bits per heavy atom. The number of fused-ring (bicyclic) bond motifs is 1. The fourth-order valence-electron chi connectivity index (χ4n) is 4.46. The van der Waals surface area contributed by atoms with E-state index in [4.69, 9.17) is 9.40 Å². The van der Waals surface area contributed by atoms with E-state index < -0.39 is 10.0 Å². The molecule has 10 nitrogen and oxygen atoms in total. The van der Waals surface area contributed by atoms with E-state index in [0.717, 1.165) is 24.1 Å². The second-order valence-corrected chi connectivity index (χ2v) is 11.0. The molecular formula is C23H24N6O4S. The molecule has 3 aromatic heterocycles. The van der Waals surface area contributed by atoms with Crippen LogP contribution in [0.2, 0.25) is 0 Å². The monoisotopic (exact) mass is 480 g/mol. The van der Waals surface area contributed by atoms with Crippen molar-refractivity contribution in [2.24, 2.45) is 0 Å². The van der Waals surface area contributed by atoms with E-state index in [1.54, 1.807) is 47.2 Å². The van der Waals surface area contributed by atoms with Gasteiger partial charge in [-0.1, -0.05) is 12.1 Å². The molecule has 1 saturated carbocycles. The summed E-state index contributed by atoms with van der Waals surface area (Å²) in [7, 11) is -3.13. The number of rotatable bonds is 6. The lowest BCUT2D eigenvalue weighted by Crippen LogP contribution is -2.43. The first-order valence-corrected chi connectivity index (χ1v) is 12.8. The standard InChI is InChI=1S/C23H24N6O4S/c30-17-3-1-2-15(14-17)20-21(29-12-13-33-23(29)27-20)19-6-9-24-22(26-19)25-16-7-10-28(11-8-16)34(31,32)18-4-5-18/h1-3,6,9,12-14,16,18,30H,4-5,7-8,10-11H2,(H,24,25,26). The van der Waals surface area contributed by atoms with Gasteiger partial charge in [-0.3, -0.25) is 4.40 Å². The van der Waals surface area contributed by atoms with Crippen LogP contribution in [0, 0.1) is 0 Å². The first-order chi connectivity index (χ1) is 16.5. The summed E-state index contributed by atoms with van der Waals surface area (Å²) in [5, 5.41) is 13.2. The van der Waals surface area contributed by atoms with E-state index in [0.29, 0.717) is 49.1 Å². The number of anilines is 1. The molecule has 1 aromatic carbocycles. The lowest BCUT2D eigenvalue weighted by molar-refractivity contribution is 0.328. The Morgan fingerprint density at radius 2 is 1.91 bits per heavy atom. The Kier molecular flexibility index (Phi) is 5.03. The molecule has 4 heterocycles. The molecule has 11 heteroatoms. The number of benzene rings is 1. The smallest absolute Gasteiger partial charge is 0.306 e. The molecule has 2 aliphatic rings. The van der Waals surface area contributed by atoms with Gasteiger partial charge in [0, 0.05) is 37.1 Å². The van der Waals surface area contributed by atoms with Gasteiger partial charge in [0.25, 0.3) is 0 Å². The molecule has 176 valence electrons. The van der Waals surface area contributed by atoms with Crippen molar-refractivity contribution in [3.8, 4) is 28.4 Å². The van der Waals surface area contributed by atoms with Gasteiger partial charge in [0.05, 0.1) is 10.9 Å². The Hall–Kier alpha value is -3.44. The fourth-order valence-corrected chi connectivity index (χ4v) is 6.33. The number of oxazole rings is 1. The first kappa shape index (κ1) is 21.1. The van der Waals surface area contributed by atoms with Crippen LogP contribution < -0.4 is 5.32 Å². The normalized spacial score (nSPS) is 17.9. The van der Waals surface area contributed by atoms with Crippen LogP contribution in [0.4, 0.5) is 5.95 Å². The van der Waals surface area contributed by atoms with Gasteiger partial charge < -0.3 is 14.8 Å². The van der Waals surface area contributed by atoms with Crippen molar-refractivity contribution >= 4 is 21.8 Å². The highest BCUT2D eigenvalue weighted by atomic mass is 32.2. The maximum absolute atomic E-state index is 12.5. The SMILES string of the molecule is O=S(=O)(C1CC1)N1CCC(Nc2nccc(-c3c(-c4cccc(O)c4)nc4occn34)n2)CC1. The van der Waals surface area contributed by atoms with Gasteiger partial charge in [-0.2, -0.15) is 4.98 Å². The number of phenols is 1. The van der Waals surface area contributed by atoms with Crippen molar-refractivity contribution in [1.29, 1.82) is 0 Å². The number of piperidine rings is 1. The Morgan fingerprint density at radius 3 is 2.68 bits per heavy atom. The molecule has 34 heavy (non-hydrogen) atoms. The first-order valence-electron chi connectivity index (χ1n) is 11.3. The predicted molar refractivity (Wildman–Crippen MR) is 126 cm³/mol. The number of sulfonamides is 1. The summed E-state index contributed by atoms with van der Waals surface area (Å²) in [6.07, 6.45) is 7.98. The molecule has 0 radical (unpaired) electrons. The minimum absolute atomic E-state index is 0.0887. The Labute approximate surface area is 196 Å². The van der Waals surface area contributed by atoms with Crippen molar-refractivity contribution in [3.63, 3.8) is 0 Å². The molecule has 0 atom stereocenters. The van der Waals surface area contributed by atoms with Crippen molar-refractivity contribution in [2.45, 2.75) is 37.0 Å². The number of imidazole rings is 1. The van der Waals surface area contributed by atoms with Crippen molar-refractivity contribution in [2.75, 3.05) is 18.4 Å². The third kappa shape index (κ3) is 3.80. The highest BCUT2D eigenvalue weighted by Crippen LogP contribution is 2.34. The van der Waals surface area contributed by atoms with Gasteiger partial charge in [-0.15, -0.1) is 0 Å². The molecule has 2 fully saturated rings. The summed E-state index contributed by atoms with van der Waals surface area (Å²) in [6, 6.07) is 8.78. The molecule has 4 aromatic rings. The maximum atomic E-state index is 12.5. The molecule has 0 amide bonds. The average molecular weight is 481 g/mol. The van der Waals surface area contributed by atoms with Gasteiger partial charge in [0.1, 0.15) is 23.4 Å². The lowest BCUT2D eigenvalue weighted by Gasteiger charge is -2.31. The highest BCUT2D eigenvalue weighted by molar-refractivity contribution is 7.90. The van der Waals surface area contributed by atoms with Crippen LogP contribution >= 0.6 is 0 Å². The molecule has 1 aliphatic carbocycles. The molecule has 2 N–H and O–H groups in total. The van der Waals surface area contributed by atoms with Crippen molar-refractivity contribution < 1.29 is 17.9 Å². The van der Waals surface area contributed by atoms with Crippen LogP contribution in [-0.2, 0) is 10.0 Å². The average Bonchev–Trinajstić information content (AvgIpc) is 3.50. The third-order valence-corrected chi connectivity index (χ3v) is 8.77. The molecule has 0 spiro atoms. The van der Waals surface area contributed by atoms with Crippen LogP contribution in [-0.4, -0.2) is 61.6 Å². The van der Waals surface area contributed by atoms with Gasteiger partial charge in [0.15, 0.2) is 0 Å². The number of nitrogens with one attached hydrogen (secondary N) is 1. The topological polar surface area (TPSA) is 126 Å². The summed E-state index contributed by atoms with van der Waals surface area (Å²) in [6.45, 7) is 1.02. The zero-order chi connectivity index (χ0) is 23.3. The van der Waals surface area contributed by atoms with Crippen LogP contribution in [0.5, 0.6) is 5.75 Å². The van der Waals surface area contributed by atoms with Crippen molar-refractivity contribution in [3.05, 3.63) is 49.0 Å². The summed E-state index contributed by atoms with van der Waals surface area (Å²) >= 11 is 0. The van der Waals surface area contributed by atoms with E-state index in [-0.39, 0.29) is 17.0 Å². The molecule has 6 rings (SSSR count). The molecule has 1 aliphatic heterocycles.